The molecule has 0 aromatic rings. The van der Waals surface area contributed by atoms with Crippen molar-refractivity contribution < 1.29 is 0 Å². The van der Waals surface area contributed by atoms with Crippen molar-refractivity contribution in [1.82, 2.24) is 0 Å². The third-order valence-electron chi connectivity index (χ3n) is 10.5. The molecule has 0 atom stereocenters. The predicted octanol–water partition coefficient (Wildman–Crippen LogP) is 17.7. The molecule has 0 nitrogen and oxygen atoms in total. The maximum Gasteiger partial charge on any atom is -0.0348 e. The normalized spacial score (nSPS) is 11.7. The lowest BCUT2D eigenvalue weighted by molar-refractivity contribution is 0.509. The van der Waals surface area contributed by atoms with Gasteiger partial charge in [0.25, 0.3) is 0 Å². The van der Waals surface area contributed by atoms with Crippen molar-refractivity contribution >= 4 is 0 Å². The number of hydrogen-bond donors (Lipinski definition) is 0. The molecule has 0 fully saturated rings. The molecule has 0 N–H and O–H groups in total. The lowest BCUT2D eigenvalue weighted by Gasteiger charge is -2.05. The van der Waals surface area contributed by atoms with E-state index in [4.69, 9.17) is 0 Å². The number of rotatable bonds is 42. The van der Waals surface area contributed by atoms with Crippen molar-refractivity contribution in [2.24, 2.45) is 0 Å². The molecule has 0 aromatic heterocycles. The van der Waals surface area contributed by atoms with Crippen molar-refractivity contribution in [3.8, 4) is 0 Å². The summed E-state index contributed by atoms with van der Waals surface area (Å²) in [4.78, 5) is 0. The Bertz CT molecular complexity index is 544. The first-order chi connectivity index (χ1) is 22.9. The van der Waals surface area contributed by atoms with Crippen molar-refractivity contribution in [2.75, 3.05) is 0 Å². The highest BCUT2D eigenvalue weighted by Crippen LogP contribution is 2.18. The Morgan fingerprint density at radius 2 is 0.435 bits per heavy atom. The van der Waals surface area contributed by atoms with Gasteiger partial charge in [-0.2, -0.15) is 0 Å². The van der Waals surface area contributed by atoms with Crippen LogP contribution in [0.4, 0.5) is 0 Å². The highest BCUT2D eigenvalue weighted by molar-refractivity contribution is 4.96. The van der Waals surface area contributed by atoms with E-state index in [0.717, 1.165) is 0 Å². The van der Waals surface area contributed by atoms with Crippen LogP contribution in [0.1, 0.15) is 270 Å². The molecule has 0 spiro atoms. The zero-order chi connectivity index (χ0) is 33.1. The molecule has 0 aliphatic rings. The first kappa shape index (κ1) is 45.5. The van der Waals surface area contributed by atoms with Gasteiger partial charge in [-0.1, -0.05) is 282 Å². The second-order valence-electron chi connectivity index (χ2n) is 15.2. The topological polar surface area (TPSA) is 0 Å². The zero-order valence-electron chi connectivity index (χ0n) is 32.4. The van der Waals surface area contributed by atoms with Crippen LogP contribution in [-0.2, 0) is 0 Å². The monoisotopic (exact) mass is 643 g/mol. The van der Waals surface area contributed by atoms with Crippen molar-refractivity contribution in [1.29, 1.82) is 0 Å². The van der Waals surface area contributed by atoms with Crippen LogP contribution >= 0.6 is 0 Å². The third-order valence-corrected chi connectivity index (χ3v) is 10.5. The smallest absolute Gasteiger partial charge is 0.0348 e. The molecular formula is C46H90. The fourth-order valence-corrected chi connectivity index (χ4v) is 7.25. The van der Waals surface area contributed by atoms with E-state index in [-0.39, 0.29) is 0 Å². The Morgan fingerprint density at radius 3 is 0.609 bits per heavy atom. The van der Waals surface area contributed by atoms with Crippen LogP contribution in [0.25, 0.3) is 0 Å². The van der Waals surface area contributed by atoms with Gasteiger partial charge in [0.15, 0.2) is 0 Å². The molecule has 0 aliphatic heterocycles. The van der Waals surface area contributed by atoms with Gasteiger partial charge in [0.1, 0.15) is 0 Å². The highest BCUT2D eigenvalue weighted by atomic mass is 14.0. The Morgan fingerprint density at radius 1 is 0.261 bits per heavy atom. The van der Waals surface area contributed by atoms with Crippen molar-refractivity contribution in [2.45, 2.75) is 270 Å². The van der Waals surface area contributed by atoms with Crippen LogP contribution in [0.2, 0.25) is 0 Å². The molecular weight excluding hydrogens is 553 g/mol. The van der Waals surface area contributed by atoms with E-state index in [9.17, 15) is 0 Å². The van der Waals surface area contributed by atoms with Gasteiger partial charge in [-0.3, -0.25) is 0 Å². The minimum atomic E-state index is 1.23. The molecule has 0 amide bonds. The van der Waals surface area contributed by atoms with E-state index in [0.29, 0.717) is 0 Å². The van der Waals surface area contributed by atoms with Gasteiger partial charge in [-0.15, -0.1) is 0 Å². The summed E-state index contributed by atoms with van der Waals surface area (Å²) in [7, 11) is 0. The van der Waals surface area contributed by atoms with Crippen molar-refractivity contribution in [3.05, 3.63) is 24.8 Å². The van der Waals surface area contributed by atoms with E-state index in [1.807, 2.05) is 6.08 Å². The molecule has 46 heavy (non-hydrogen) atoms. The van der Waals surface area contributed by atoms with Crippen LogP contribution in [0.15, 0.2) is 24.8 Å². The van der Waals surface area contributed by atoms with E-state index < -0.39 is 0 Å². The minimum absolute atomic E-state index is 1.23. The number of unbranched alkanes of at least 4 members (excludes halogenated alkanes) is 40. The molecule has 0 saturated carbocycles. The summed E-state index contributed by atoms with van der Waals surface area (Å²) in [5.41, 5.74) is 0. The lowest BCUT2D eigenvalue weighted by atomic mass is 10.0. The van der Waals surface area contributed by atoms with Crippen LogP contribution in [0, 0.1) is 0 Å². The van der Waals surface area contributed by atoms with Crippen LogP contribution in [-0.4, -0.2) is 0 Å². The highest BCUT2D eigenvalue weighted by Gasteiger charge is 1.98. The molecule has 0 aliphatic carbocycles. The standard InChI is InChI=1S/C46H90/c1-3-5-7-9-11-13-15-17-19-21-23-25-27-29-31-33-35-37-39-41-43-45-46-44-42-40-38-36-34-32-30-28-26-24-22-20-18-16-14-12-10-8-6-4-2/h3,5,7H,1,4,6,8-46H2,2H3. The first-order valence-corrected chi connectivity index (χ1v) is 22.2. The predicted molar refractivity (Wildman–Crippen MR) is 214 cm³/mol. The fourth-order valence-electron chi connectivity index (χ4n) is 7.25. The van der Waals surface area contributed by atoms with E-state index in [1.54, 1.807) is 0 Å². The van der Waals surface area contributed by atoms with Gasteiger partial charge in [-0.05, 0) is 12.8 Å². The lowest BCUT2D eigenvalue weighted by Crippen LogP contribution is -1.85. The van der Waals surface area contributed by atoms with Crippen LogP contribution < -0.4 is 0 Å². The molecule has 0 radical (unpaired) electrons. The molecule has 274 valence electrons. The van der Waals surface area contributed by atoms with Gasteiger partial charge in [0, 0.05) is 0 Å². The van der Waals surface area contributed by atoms with E-state index >= 15 is 0 Å². The SMILES string of the molecule is C=CC=CCCCCCCCCCCCCCCCCCCCCCCCCCCCCCCCCCCCCCCCCCC. The second kappa shape index (κ2) is 44.5. The summed E-state index contributed by atoms with van der Waals surface area (Å²) < 4.78 is 0. The molecule has 0 heterocycles. The summed E-state index contributed by atoms with van der Waals surface area (Å²) in [5, 5.41) is 0. The largest absolute Gasteiger partial charge is 0.0991 e. The van der Waals surface area contributed by atoms with Gasteiger partial charge < -0.3 is 0 Å². The van der Waals surface area contributed by atoms with E-state index in [2.05, 4.69) is 25.7 Å². The van der Waals surface area contributed by atoms with Gasteiger partial charge >= 0.3 is 0 Å². The van der Waals surface area contributed by atoms with Crippen LogP contribution in [0.5, 0.6) is 0 Å². The molecule has 0 unspecified atom stereocenters. The summed E-state index contributed by atoms with van der Waals surface area (Å²) in [6.07, 6.45) is 66.5. The molecule has 0 aromatic carbocycles. The third kappa shape index (κ3) is 43.5. The summed E-state index contributed by atoms with van der Waals surface area (Å²) in [6, 6.07) is 0. The second-order valence-corrected chi connectivity index (χ2v) is 15.2. The summed E-state index contributed by atoms with van der Waals surface area (Å²) in [6.45, 7) is 6.03. The average Bonchev–Trinajstić information content (AvgIpc) is 3.07. The quantitative estimate of drug-likeness (QED) is 0.0459. The van der Waals surface area contributed by atoms with Crippen LogP contribution in [0.3, 0.4) is 0 Å². The molecule has 0 bridgehead atoms. The first-order valence-electron chi connectivity index (χ1n) is 22.2. The Kier molecular flexibility index (Phi) is 44.0. The molecule has 0 rings (SSSR count). The summed E-state index contributed by atoms with van der Waals surface area (Å²) in [5.74, 6) is 0. The zero-order valence-corrected chi connectivity index (χ0v) is 32.4. The van der Waals surface area contributed by atoms with Crippen molar-refractivity contribution in [3.63, 3.8) is 0 Å². The van der Waals surface area contributed by atoms with E-state index in [1.165, 1.54) is 263 Å². The Balaban J connectivity index is 3.04. The Labute approximate surface area is 294 Å². The maximum atomic E-state index is 3.72. The maximum absolute atomic E-state index is 3.72. The average molecular weight is 643 g/mol. The Hall–Kier alpha value is -0.520. The summed E-state index contributed by atoms with van der Waals surface area (Å²) >= 11 is 0. The minimum Gasteiger partial charge on any atom is -0.0991 e. The fraction of sp³-hybridized carbons (Fsp3) is 0.913. The number of hydrogen-bond acceptors (Lipinski definition) is 0. The van der Waals surface area contributed by atoms with Gasteiger partial charge in [0.05, 0.1) is 0 Å². The number of allylic oxidation sites excluding steroid dienone is 3. The molecule has 0 saturated heterocycles. The molecule has 0 heteroatoms. The van der Waals surface area contributed by atoms with Gasteiger partial charge in [-0.25, -0.2) is 0 Å². The van der Waals surface area contributed by atoms with Gasteiger partial charge in [0.2, 0.25) is 0 Å².